The number of nitrogens with zero attached hydrogens (tertiary/aromatic N) is 1. The third-order valence-electron chi connectivity index (χ3n) is 4.42. The average Bonchev–Trinajstić information content (AvgIpc) is 2.64. The minimum Gasteiger partial charge on any atom is -0.371 e. The lowest BCUT2D eigenvalue weighted by Gasteiger charge is -2.34. The molecule has 1 atom stereocenters. The van der Waals surface area contributed by atoms with Crippen LogP contribution >= 0.6 is 15.9 Å². The maximum Gasteiger partial charge on any atom is 0.245 e. The third-order valence-corrected chi connectivity index (χ3v) is 5.06. The number of amides is 1. The van der Waals surface area contributed by atoms with E-state index < -0.39 is 6.04 Å². The highest BCUT2D eigenvalue weighted by Gasteiger charge is 2.29. The first kappa shape index (κ1) is 13.9. The molecule has 1 aromatic rings. The van der Waals surface area contributed by atoms with E-state index in [1.807, 2.05) is 12.1 Å². The molecule has 108 valence electrons. The van der Waals surface area contributed by atoms with Gasteiger partial charge in [0.15, 0.2) is 0 Å². The van der Waals surface area contributed by atoms with Crippen LogP contribution in [-0.2, 0) is 4.79 Å². The van der Waals surface area contributed by atoms with Crippen LogP contribution in [0, 0.1) is 5.92 Å². The molecule has 0 bridgehead atoms. The number of hydrogen-bond donors (Lipinski definition) is 2. The van der Waals surface area contributed by atoms with Gasteiger partial charge >= 0.3 is 0 Å². The smallest absolute Gasteiger partial charge is 0.245 e. The molecule has 0 spiro atoms. The van der Waals surface area contributed by atoms with Gasteiger partial charge in [0.2, 0.25) is 5.91 Å². The second-order valence-electron chi connectivity index (χ2n) is 5.69. The van der Waals surface area contributed by atoms with Crippen molar-refractivity contribution < 1.29 is 4.79 Å². The van der Waals surface area contributed by atoms with Crippen LogP contribution in [-0.4, -0.2) is 19.0 Å². The van der Waals surface area contributed by atoms with Crippen LogP contribution < -0.4 is 16.0 Å². The predicted molar refractivity (Wildman–Crippen MR) is 84.9 cm³/mol. The third kappa shape index (κ3) is 2.33. The molecular weight excluding hydrogens is 318 g/mol. The maximum absolute atomic E-state index is 11.7. The Labute approximate surface area is 127 Å². The molecule has 0 saturated heterocycles. The van der Waals surface area contributed by atoms with Crippen LogP contribution in [0.4, 0.5) is 11.4 Å². The van der Waals surface area contributed by atoms with E-state index in [4.69, 9.17) is 5.73 Å². The van der Waals surface area contributed by atoms with Gasteiger partial charge in [0.05, 0.1) is 5.69 Å². The highest BCUT2D eigenvalue weighted by atomic mass is 79.9. The summed E-state index contributed by atoms with van der Waals surface area (Å²) in [4.78, 5) is 14.0. The number of carbonyl (C=O) groups is 1. The molecule has 4 nitrogen and oxygen atoms in total. The van der Waals surface area contributed by atoms with E-state index in [1.54, 1.807) is 0 Å². The number of anilines is 2. The summed E-state index contributed by atoms with van der Waals surface area (Å²) in [6, 6.07) is 3.49. The quantitative estimate of drug-likeness (QED) is 0.887. The number of halogens is 1. The Morgan fingerprint density at radius 3 is 2.80 bits per heavy atom. The molecule has 1 saturated carbocycles. The van der Waals surface area contributed by atoms with E-state index in [1.165, 1.54) is 19.3 Å². The maximum atomic E-state index is 11.7. The zero-order valence-electron chi connectivity index (χ0n) is 11.7. The fraction of sp³-hybridized carbons (Fsp3) is 0.533. The van der Waals surface area contributed by atoms with Crippen molar-refractivity contribution in [1.82, 2.24) is 0 Å². The summed E-state index contributed by atoms with van der Waals surface area (Å²) in [6.45, 7) is 4.23. The average molecular weight is 338 g/mol. The Balaban J connectivity index is 1.89. The van der Waals surface area contributed by atoms with Gasteiger partial charge in [-0.3, -0.25) is 4.79 Å². The van der Waals surface area contributed by atoms with Crippen LogP contribution in [0.3, 0.4) is 0 Å². The highest BCUT2D eigenvalue weighted by molar-refractivity contribution is 9.10. The van der Waals surface area contributed by atoms with E-state index in [0.29, 0.717) is 0 Å². The number of hydrogen-bond acceptors (Lipinski definition) is 3. The van der Waals surface area contributed by atoms with Gasteiger partial charge < -0.3 is 16.0 Å². The Bertz CT molecular complexity index is 542. The Hall–Kier alpha value is -1.07. The predicted octanol–water partition coefficient (Wildman–Crippen LogP) is 3.03. The zero-order valence-corrected chi connectivity index (χ0v) is 13.2. The van der Waals surface area contributed by atoms with Gasteiger partial charge in [0.25, 0.3) is 0 Å². The van der Waals surface area contributed by atoms with Crippen molar-refractivity contribution in [3.05, 3.63) is 22.2 Å². The van der Waals surface area contributed by atoms with Crippen molar-refractivity contribution >= 4 is 33.2 Å². The van der Waals surface area contributed by atoms with Crippen molar-refractivity contribution in [2.24, 2.45) is 11.7 Å². The SMILES string of the molecule is CCN(CC1CCC1)c1cc2c(cc1Br)C(N)C(=O)N2. The molecule has 1 unspecified atom stereocenters. The molecule has 0 aromatic heterocycles. The Morgan fingerprint density at radius 1 is 1.45 bits per heavy atom. The van der Waals surface area contributed by atoms with E-state index in [-0.39, 0.29) is 5.91 Å². The topological polar surface area (TPSA) is 58.4 Å². The highest BCUT2D eigenvalue weighted by Crippen LogP contribution is 2.39. The van der Waals surface area contributed by atoms with Gasteiger partial charge in [-0.05, 0) is 53.7 Å². The minimum atomic E-state index is -0.544. The number of benzene rings is 1. The van der Waals surface area contributed by atoms with Crippen molar-refractivity contribution in [1.29, 1.82) is 0 Å². The first-order valence-corrected chi connectivity index (χ1v) is 8.04. The summed E-state index contributed by atoms with van der Waals surface area (Å²) >= 11 is 3.63. The van der Waals surface area contributed by atoms with Gasteiger partial charge in [0, 0.05) is 28.8 Å². The number of carbonyl (C=O) groups excluding carboxylic acids is 1. The molecule has 2 aliphatic rings. The molecule has 5 heteroatoms. The largest absolute Gasteiger partial charge is 0.371 e. The molecule has 1 aliphatic heterocycles. The number of nitrogens with one attached hydrogen (secondary N) is 1. The molecule has 1 aromatic carbocycles. The first-order chi connectivity index (χ1) is 9.60. The van der Waals surface area contributed by atoms with Crippen LogP contribution in [0.5, 0.6) is 0 Å². The summed E-state index contributed by atoms with van der Waals surface area (Å²) in [5, 5.41) is 2.86. The van der Waals surface area contributed by atoms with Gasteiger partial charge in [-0.1, -0.05) is 6.42 Å². The van der Waals surface area contributed by atoms with Gasteiger partial charge in [0.1, 0.15) is 6.04 Å². The van der Waals surface area contributed by atoms with E-state index in [0.717, 1.165) is 40.4 Å². The summed E-state index contributed by atoms with van der Waals surface area (Å²) in [5.74, 6) is 0.693. The number of rotatable bonds is 4. The number of nitrogens with two attached hydrogens (primary N) is 1. The van der Waals surface area contributed by atoms with Crippen molar-refractivity contribution in [2.75, 3.05) is 23.3 Å². The second kappa shape index (κ2) is 5.37. The minimum absolute atomic E-state index is 0.119. The van der Waals surface area contributed by atoms with E-state index in [2.05, 4.69) is 33.1 Å². The molecule has 1 fully saturated rings. The van der Waals surface area contributed by atoms with E-state index >= 15 is 0 Å². The van der Waals surface area contributed by atoms with Crippen molar-refractivity contribution in [2.45, 2.75) is 32.2 Å². The fourth-order valence-corrected chi connectivity index (χ4v) is 3.53. The van der Waals surface area contributed by atoms with Crippen molar-refractivity contribution in [3.63, 3.8) is 0 Å². The monoisotopic (exact) mass is 337 g/mol. The summed E-state index contributed by atoms with van der Waals surface area (Å²) in [7, 11) is 0. The summed E-state index contributed by atoms with van der Waals surface area (Å²) < 4.78 is 1.02. The Kier molecular flexibility index (Phi) is 3.73. The standard InChI is InChI=1S/C15H20BrN3O/c1-2-19(8-9-4-3-5-9)13-7-12-10(6-11(13)16)14(17)15(20)18-12/h6-7,9,14H,2-5,8,17H2,1H3,(H,18,20). The first-order valence-electron chi connectivity index (χ1n) is 7.25. The van der Waals surface area contributed by atoms with Gasteiger partial charge in [-0.15, -0.1) is 0 Å². The molecule has 3 rings (SSSR count). The molecule has 3 N–H and O–H groups in total. The summed E-state index contributed by atoms with van der Waals surface area (Å²) in [5.41, 5.74) is 8.76. The van der Waals surface area contributed by atoms with Crippen LogP contribution in [0.15, 0.2) is 16.6 Å². The van der Waals surface area contributed by atoms with E-state index in [9.17, 15) is 4.79 Å². The van der Waals surface area contributed by atoms with Crippen LogP contribution in [0.25, 0.3) is 0 Å². The number of fused-ring (bicyclic) bond motifs is 1. The molecule has 1 amide bonds. The van der Waals surface area contributed by atoms with Crippen LogP contribution in [0.2, 0.25) is 0 Å². The second-order valence-corrected chi connectivity index (χ2v) is 6.55. The normalized spacial score (nSPS) is 21.4. The summed E-state index contributed by atoms with van der Waals surface area (Å²) in [6.07, 6.45) is 4.03. The molecular formula is C15H20BrN3O. The molecule has 1 heterocycles. The van der Waals surface area contributed by atoms with Crippen LogP contribution in [0.1, 0.15) is 37.8 Å². The van der Waals surface area contributed by atoms with Gasteiger partial charge in [-0.25, -0.2) is 0 Å². The lowest BCUT2D eigenvalue weighted by molar-refractivity contribution is -0.116. The Morgan fingerprint density at radius 2 is 2.20 bits per heavy atom. The van der Waals surface area contributed by atoms with Crippen molar-refractivity contribution in [3.8, 4) is 0 Å². The molecule has 1 aliphatic carbocycles. The molecule has 0 radical (unpaired) electrons. The van der Waals surface area contributed by atoms with Gasteiger partial charge in [-0.2, -0.15) is 0 Å². The lowest BCUT2D eigenvalue weighted by Crippen LogP contribution is -2.32. The molecule has 20 heavy (non-hydrogen) atoms. The zero-order chi connectivity index (χ0) is 14.3. The fourth-order valence-electron chi connectivity index (χ4n) is 2.92. The lowest BCUT2D eigenvalue weighted by atomic mass is 9.85.